The third-order valence-electron chi connectivity index (χ3n) is 6.12. The molecule has 0 saturated carbocycles. The molecule has 0 bridgehead atoms. The van der Waals surface area contributed by atoms with Crippen molar-refractivity contribution in [1.29, 1.82) is 0 Å². The fraction of sp³-hybridized carbons (Fsp3) is 0.143. The summed E-state index contributed by atoms with van der Waals surface area (Å²) < 4.78 is 5.48. The number of carbonyl (C=O) groups is 3. The van der Waals surface area contributed by atoms with Gasteiger partial charge in [0.1, 0.15) is 4.32 Å². The predicted octanol–water partition coefficient (Wildman–Crippen LogP) is 5.76. The van der Waals surface area contributed by atoms with Gasteiger partial charge in [-0.2, -0.15) is 0 Å². The average Bonchev–Trinajstić information content (AvgIpc) is 3.34. The molecule has 3 aromatic rings. The first-order chi connectivity index (χ1) is 17.9. The maximum atomic E-state index is 13.9. The molecule has 9 heteroatoms. The lowest BCUT2D eigenvalue weighted by atomic mass is 10.0. The summed E-state index contributed by atoms with van der Waals surface area (Å²) in [6, 6.07) is 22.4. The van der Waals surface area contributed by atoms with E-state index in [9.17, 15) is 14.4 Å². The highest BCUT2D eigenvalue weighted by molar-refractivity contribution is 8.26. The van der Waals surface area contributed by atoms with Crippen LogP contribution in [0, 0.1) is 0 Å². The molecule has 1 unspecified atom stereocenters. The van der Waals surface area contributed by atoms with E-state index in [4.69, 9.17) is 28.6 Å². The Kier molecular flexibility index (Phi) is 7.15. The Morgan fingerprint density at radius 3 is 2.38 bits per heavy atom. The van der Waals surface area contributed by atoms with Crippen molar-refractivity contribution in [3.63, 3.8) is 0 Å². The van der Waals surface area contributed by atoms with Crippen LogP contribution in [0.4, 0.5) is 5.69 Å². The fourth-order valence-electron chi connectivity index (χ4n) is 4.45. The fourth-order valence-corrected chi connectivity index (χ4v) is 6.03. The molecule has 0 aliphatic carbocycles. The number of anilines is 1. The van der Waals surface area contributed by atoms with Crippen LogP contribution in [0.3, 0.4) is 0 Å². The van der Waals surface area contributed by atoms with Gasteiger partial charge in [-0.25, -0.2) is 4.79 Å². The van der Waals surface area contributed by atoms with Crippen LogP contribution in [0.25, 0.3) is 5.57 Å². The van der Waals surface area contributed by atoms with E-state index in [1.54, 1.807) is 42.2 Å². The molecule has 186 valence electrons. The average molecular weight is 549 g/mol. The molecule has 1 atom stereocenters. The molecule has 1 fully saturated rings. The minimum atomic E-state index is -1.06. The summed E-state index contributed by atoms with van der Waals surface area (Å²) in [5.74, 6) is -1.42. The van der Waals surface area contributed by atoms with E-state index < -0.39 is 17.9 Å². The molecule has 2 amide bonds. The van der Waals surface area contributed by atoms with Crippen molar-refractivity contribution in [3.05, 3.63) is 105 Å². The van der Waals surface area contributed by atoms with E-state index in [1.165, 1.54) is 4.90 Å². The van der Waals surface area contributed by atoms with E-state index in [-0.39, 0.29) is 33.9 Å². The smallest absolute Gasteiger partial charge is 0.333 e. The van der Waals surface area contributed by atoms with E-state index >= 15 is 0 Å². The molecule has 1 saturated heterocycles. The number of esters is 1. The molecular formula is C28H21ClN2O4S2. The van der Waals surface area contributed by atoms with Gasteiger partial charge in [-0.1, -0.05) is 102 Å². The number of thioether (sulfide) groups is 1. The molecule has 2 heterocycles. The summed E-state index contributed by atoms with van der Waals surface area (Å²) >= 11 is 13.0. The van der Waals surface area contributed by atoms with Gasteiger partial charge in [-0.05, 0) is 30.2 Å². The minimum Gasteiger partial charge on any atom is -0.464 e. The van der Waals surface area contributed by atoms with Crippen LogP contribution in [-0.2, 0) is 25.7 Å². The number of hydrogen-bond acceptors (Lipinski definition) is 6. The van der Waals surface area contributed by atoms with E-state index in [0.29, 0.717) is 21.8 Å². The van der Waals surface area contributed by atoms with Gasteiger partial charge in [0.2, 0.25) is 0 Å². The molecule has 2 aliphatic heterocycles. The molecule has 0 aromatic heterocycles. The summed E-state index contributed by atoms with van der Waals surface area (Å²) in [7, 11) is 0. The first-order valence-corrected chi connectivity index (χ1v) is 13.2. The third kappa shape index (κ3) is 4.56. The number of carbonyl (C=O) groups excluding carboxylic acids is 3. The topological polar surface area (TPSA) is 66.9 Å². The second kappa shape index (κ2) is 10.5. The maximum absolute atomic E-state index is 13.9. The van der Waals surface area contributed by atoms with Crippen molar-refractivity contribution in [2.24, 2.45) is 0 Å². The summed E-state index contributed by atoms with van der Waals surface area (Å²) in [6.45, 7) is 2.10. The Morgan fingerprint density at radius 2 is 1.65 bits per heavy atom. The predicted molar refractivity (Wildman–Crippen MR) is 149 cm³/mol. The van der Waals surface area contributed by atoms with Gasteiger partial charge in [0.25, 0.3) is 11.8 Å². The quantitative estimate of drug-likeness (QED) is 0.221. The molecule has 0 spiro atoms. The number of para-hydroxylation sites is 1. The van der Waals surface area contributed by atoms with Crippen LogP contribution in [0.15, 0.2) is 83.8 Å². The molecule has 0 radical (unpaired) electrons. The van der Waals surface area contributed by atoms with E-state index in [2.05, 4.69) is 0 Å². The second-order valence-electron chi connectivity index (χ2n) is 8.31. The Balaban J connectivity index is 1.58. The Morgan fingerprint density at radius 1 is 0.973 bits per heavy atom. The molecule has 3 aromatic carbocycles. The van der Waals surface area contributed by atoms with Gasteiger partial charge in [0.05, 0.1) is 29.3 Å². The molecule has 5 rings (SSSR count). The Bertz CT molecular complexity index is 1460. The Hall–Kier alpha value is -3.46. The lowest BCUT2D eigenvalue weighted by Crippen LogP contribution is -2.38. The molecular weight excluding hydrogens is 528 g/mol. The normalized spacial score (nSPS) is 17.8. The van der Waals surface area contributed by atoms with Gasteiger partial charge in [0, 0.05) is 10.6 Å². The van der Waals surface area contributed by atoms with Crippen LogP contribution < -0.4 is 4.90 Å². The van der Waals surface area contributed by atoms with Crippen molar-refractivity contribution < 1.29 is 19.1 Å². The summed E-state index contributed by atoms with van der Waals surface area (Å²) in [5, 5.41) is 0.549. The minimum absolute atomic E-state index is 0.154. The number of rotatable bonds is 6. The van der Waals surface area contributed by atoms with Gasteiger partial charge < -0.3 is 9.64 Å². The molecule has 0 N–H and O–H groups in total. The largest absolute Gasteiger partial charge is 0.464 e. The van der Waals surface area contributed by atoms with Crippen molar-refractivity contribution in [2.45, 2.75) is 19.5 Å². The third-order valence-corrected chi connectivity index (χ3v) is 7.89. The first kappa shape index (κ1) is 25.2. The van der Waals surface area contributed by atoms with Crippen LogP contribution in [0.5, 0.6) is 0 Å². The van der Waals surface area contributed by atoms with Crippen LogP contribution >= 0.6 is 35.6 Å². The summed E-state index contributed by atoms with van der Waals surface area (Å²) in [5.41, 5.74) is 2.93. The van der Waals surface area contributed by atoms with Crippen LogP contribution in [0.2, 0.25) is 5.02 Å². The number of hydrogen-bond donors (Lipinski definition) is 0. The molecule has 2 aliphatic rings. The highest BCUT2D eigenvalue weighted by atomic mass is 35.5. The van der Waals surface area contributed by atoms with Gasteiger partial charge in [-0.15, -0.1) is 0 Å². The SMILES string of the molecule is CCOC(=O)C(c1ccccc1)N1C(=O)/C(=C2/C(=O)N(Cc3ccccc3Cl)c3ccccc32)SC1=S. The highest BCUT2D eigenvalue weighted by Crippen LogP contribution is 2.47. The van der Waals surface area contributed by atoms with Gasteiger partial charge in [0.15, 0.2) is 6.04 Å². The lowest BCUT2D eigenvalue weighted by Gasteiger charge is -2.25. The number of nitrogens with zero attached hydrogens (tertiary/aromatic N) is 2. The highest BCUT2D eigenvalue weighted by Gasteiger charge is 2.46. The number of ether oxygens (including phenoxy) is 1. The maximum Gasteiger partial charge on any atom is 0.333 e. The summed E-state index contributed by atoms with van der Waals surface area (Å²) in [4.78, 5) is 43.7. The van der Waals surface area contributed by atoms with Crippen LogP contribution in [0.1, 0.15) is 29.7 Å². The monoisotopic (exact) mass is 548 g/mol. The molecule has 37 heavy (non-hydrogen) atoms. The van der Waals surface area contributed by atoms with E-state index in [0.717, 1.165) is 17.3 Å². The van der Waals surface area contributed by atoms with E-state index in [1.807, 2.05) is 48.5 Å². The second-order valence-corrected chi connectivity index (χ2v) is 10.4. The molecule has 6 nitrogen and oxygen atoms in total. The number of fused-ring (bicyclic) bond motifs is 1. The number of halogens is 1. The zero-order valence-electron chi connectivity index (χ0n) is 19.7. The van der Waals surface area contributed by atoms with Gasteiger partial charge in [-0.3, -0.25) is 14.5 Å². The number of benzene rings is 3. The van der Waals surface area contributed by atoms with Crippen LogP contribution in [-0.4, -0.2) is 33.6 Å². The van der Waals surface area contributed by atoms with Crippen molar-refractivity contribution in [2.75, 3.05) is 11.5 Å². The number of thiocarbonyl (C=S) groups is 1. The number of amides is 2. The summed E-state index contributed by atoms with van der Waals surface area (Å²) in [6.07, 6.45) is 0. The van der Waals surface area contributed by atoms with Crippen molar-refractivity contribution in [1.82, 2.24) is 4.90 Å². The Labute approximate surface area is 228 Å². The van der Waals surface area contributed by atoms with Gasteiger partial charge >= 0.3 is 5.97 Å². The van der Waals surface area contributed by atoms with Crippen molar-refractivity contribution in [3.8, 4) is 0 Å². The zero-order valence-corrected chi connectivity index (χ0v) is 22.1. The first-order valence-electron chi connectivity index (χ1n) is 11.6. The standard InChI is InChI=1S/C28H21ClN2O4S2/c1-2-35-27(34)23(17-10-4-3-5-11-17)31-26(33)24(37-28(31)36)22-19-13-7-9-15-21(19)30(25(22)32)16-18-12-6-8-14-20(18)29/h3-15,23H,2,16H2,1H3/b24-22-. The lowest BCUT2D eigenvalue weighted by molar-refractivity contribution is -0.151. The van der Waals surface area contributed by atoms with Crippen molar-refractivity contribution >= 4 is 68.9 Å². The zero-order chi connectivity index (χ0) is 26.1.